The molecule has 6 heteroatoms. The Balaban J connectivity index is 1.75. The zero-order valence-electron chi connectivity index (χ0n) is 13.4. The minimum atomic E-state index is -0.0367. The molecule has 0 aromatic heterocycles. The summed E-state index contributed by atoms with van der Waals surface area (Å²) in [6.45, 7) is 2.22. The van der Waals surface area contributed by atoms with Gasteiger partial charge in [-0.25, -0.2) is 0 Å². The number of benzene rings is 2. The smallest absolute Gasteiger partial charge is 0.253 e. The Morgan fingerprint density at radius 1 is 0.920 bits per heavy atom. The van der Waals surface area contributed by atoms with Gasteiger partial charge in [0.05, 0.1) is 16.8 Å². The van der Waals surface area contributed by atoms with Gasteiger partial charge < -0.3 is 9.80 Å². The molecule has 0 N–H and O–H groups in total. The highest BCUT2D eigenvalue weighted by molar-refractivity contribution is 6.30. The average Bonchev–Trinajstić information content (AvgIpc) is 2.67. The first-order valence-corrected chi connectivity index (χ1v) is 8.25. The van der Waals surface area contributed by atoms with Crippen LogP contribution in [0.2, 0.25) is 5.02 Å². The van der Waals surface area contributed by atoms with Gasteiger partial charge in [0.15, 0.2) is 0 Å². The summed E-state index contributed by atoms with van der Waals surface area (Å²) in [5.74, 6) is -0.0367. The zero-order valence-corrected chi connectivity index (χ0v) is 14.2. The van der Waals surface area contributed by atoms with Gasteiger partial charge in [-0.1, -0.05) is 17.7 Å². The summed E-state index contributed by atoms with van der Waals surface area (Å²) in [6.07, 6.45) is 0. The highest BCUT2D eigenvalue weighted by Crippen LogP contribution is 2.26. The zero-order chi connectivity index (χ0) is 17.8. The van der Waals surface area contributed by atoms with Crippen molar-refractivity contribution in [3.63, 3.8) is 0 Å². The summed E-state index contributed by atoms with van der Waals surface area (Å²) in [4.78, 5) is 16.3. The maximum atomic E-state index is 12.6. The number of nitriles is 2. The molecule has 0 bridgehead atoms. The molecule has 5 nitrogen and oxygen atoms in total. The number of hydrogen-bond donors (Lipinski definition) is 0. The van der Waals surface area contributed by atoms with E-state index in [1.54, 1.807) is 47.4 Å². The van der Waals surface area contributed by atoms with Crippen LogP contribution >= 0.6 is 11.6 Å². The van der Waals surface area contributed by atoms with E-state index in [9.17, 15) is 15.3 Å². The number of halogens is 1. The molecule has 1 aliphatic rings. The van der Waals surface area contributed by atoms with E-state index in [1.807, 2.05) is 4.90 Å². The summed E-state index contributed by atoms with van der Waals surface area (Å²) in [6, 6.07) is 16.3. The number of amides is 1. The van der Waals surface area contributed by atoms with Gasteiger partial charge in [0.25, 0.3) is 5.91 Å². The second-order valence-corrected chi connectivity index (χ2v) is 6.15. The van der Waals surface area contributed by atoms with Crippen LogP contribution in [0.5, 0.6) is 0 Å². The fraction of sp³-hybridized carbons (Fsp3) is 0.211. The van der Waals surface area contributed by atoms with Crippen LogP contribution in [0.1, 0.15) is 21.5 Å². The van der Waals surface area contributed by atoms with E-state index in [-0.39, 0.29) is 5.91 Å². The number of para-hydroxylation sites is 1. The van der Waals surface area contributed by atoms with E-state index >= 15 is 0 Å². The second kappa shape index (κ2) is 7.25. The van der Waals surface area contributed by atoms with Crippen LogP contribution < -0.4 is 4.90 Å². The van der Waals surface area contributed by atoms with Crippen molar-refractivity contribution in [3.05, 3.63) is 64.2 Å². The number of nitrogens with zero attached hydrogens (tertiary/aromatic N) is 4. The summed E-state index contributed by atoms with van der Waals surface area (Å²) >= 11 is 5.86. The summed E-state index contributed by atoms with van der Waals surface area (Å²) < 4.78 is 0. The van der Waals surface area contributed by atoms with Crippen LogP contribution in [0.3, 0.4) is 0 Å². The molecule has 1 aliphatic heterocycles. The standard InChI is InChI=1S/C19H15ClN4O/c20-17-6-4-14(5-7-17)19(25)24-10-8-23(9-11-24)18-15(12-21)2-1-3-16(18)13-22/h1-7H,8-11H2. The van der Waals surface area contributed by atoms with Crippen LogP contribution in [0.25, 0.3) is 0 Å². The second-order valence-electron chi connectivity index (χ2n) is 5.71. The lowest BCUT2D eigenvalue weighted by Gasteiger charge is -2.36. The molecule has 124 valence electrons. The third-order valence-corrected chi connectivity index (χ3v) is 4.50. The molecule has 25 heavy (non-hydrogen) atoms. The lowest BCUT2D eigenvalue weighted by atomic mass is 10.1. The number of carbonyl (C=O) groups excluding carboxylic acids is 1. The van der Waals surface area contributed by atoms with Gasteiger partial charge in [-0.3, -0.25) is 4.79 Å². The third kappa shape index (κ3) is 3.42. The molecule has 1 amide bonds. The molecule has 0 aliphatic carbocycles. The summed E-state index contributed by atoms with van der Waals surface area (Å²) in [5.41, 5.74) is 2.23. The van der Waals surface area contributed by atoms with Crippen molar-refractivity contribution in [2.45, 2.75) is 0 Å². The Morgan fingerprint density at radius 3 is 2.00 bits per heavy atom. The first-order chi connectivity index (χ1) is 12.1. The molecule has 0 spiro atoms. The van der Waals surface area contributed by atoms with E-state index in [1.165, 1.54) is 0 Å². The first kappa shape index (κ1) is 16.8. The van der Waals surface area contributed by atoms with Crippen molar-refractivity contribution >= 4 is 23.2 Å². The molecule has 1 saturated heterocycles. The fourth-order valence-electron chi connectivity index (χ4n) is 2.97. The van der Waals surface area contributed by atoms with E-state index in [0.717, 1.165) is 0 Å². The van der Waals surface area contributed by atoms with Gasteiger partial charge in [0, 0.05) is 36.8 Å². The van der Waals surface area contributed by atoms with E-state index in [0.29, 0.717) is 53.6 Å². The molecule has 2 aromatic rings. The number of carbonyl (C=O) groups is 1. The van der Waals surface area contributed by atoms with Gasteiger partial charge in [-0.2, -0.15) is 10.5 Å². The normalized spacial score (nSPS) is 13.9. The fourth-order valence-corrected chi connectivity index (χ4v) is 3.10. The minimum Gasteiger partial charge on any atom is -0.366 e. The summed E-state index contributed by atoms with van der Waals surface area (Å²) in [7, 11) is 0. The van der Waals surface area contributed by atoms with E-state index < -0.39 is 0 Å². The van der Waals surface area contributed by atoms with Crippen molar-refractivity contribution < 1.29 is 4.79 Å². The molecule has 0 atom stereocenters. The Morgan fingerprint density at radius 2 is 1.48 bits per heavy atom. The van der Waals surface area contributed by atoms with Crippen LogP contribution in [-0.2, 0) is 0 Å². The van der Waals surface area contributed by atoms with Crippen LogP contribution in [-0.4, -0.2) is 37.0 Å². The van der Waals surface area contributed by atoms with Crippen molar-refractivity contribution in [1.82, 2.24) is 4.90 Å². The maximum absolute atomic E-state index is 12.6. The molecule has 3 rings (SSSR count). The molecule has 0 saturated carbocycles. The predicted octanol–water partition coefficient (Wildman–Crippen LogP) is 3.05. The van der Waals surface area contributed by atoms with Crippen LogP contribution in [0.15, 0.2) is 42.5 Å². The highest BCUT2D eigenvalue weighted by atomic mass is 35.5. The first-order valence-electron chi connectivity index (χ1n) is 7.87. The Labute approximate surface area is 151 Å². The molecule has 0 unspecified atom stereocenters. The lowest BCUT2D eigenvalue weighted by molar-refractivity contribution is 0.0747. The molecule has 1 heterocycles. The molecular formula is C19H15ClN4O. The quantitative estimate of drug-likeness (QED) is 0.834. The number of rotatable bonds is 2. The van der Waals surface area contributed by atoms with Crippen molar-refractivity contribution in [1.29, 1.82) is 10.5 Å². The average molecular weight is 351 g/mol. The molecule has 1 fully saturated rings. The lowest BCUT2D eigenvalue weighted by Crippen LogP contribution is -2.49. The van der Waals surface area contributed by atoms with Gasteiger partial charge >= 0.3 is 0 Å². The Hall–Kier alpha value is -3.02. The molecule has 0 radical (unpaired) electrons. The largest absolute Gasteiger partial charge is 0.366 e. The van der Waals surface area contributed by atoms with Gasteiger partial charge in [0.2, 0.25) is 0 Å². The number of piperazine rings is 1. The van der Waals surface area contributed by atoms with Crippen molar-refractivity contribution in [3.8, 4) is 12.1 Å². The third-order valence-electron chi connectivity index (χ3n) is 4.25. The van der Waals surface area contributed by atoms with E-state index in [4.69, 9.17) is 11.6 Å². The monoisotopic (exact) mass is 350 g/mol. The maximum Gasteiger partial charge on any atom is 0.253 e. The summed E-state index contributed by atoms with van der Waals surface area (Å²) in [5, 5.41) is 19.2. The number of anilines is 1. The molecule has 2 aromatic carbocycles. The predicted molar refractivity (Wildman–Crippen MR) is 95.4 cm³/mol. The van der Waals surface area contributed by atoms with Gasteiger partial charge in [-0.05, 0) is 36.4 Å². The van der Waals surface area contributed by atoms with Crippen LogP contribution in [0.4, 0.5) is 5.69 Å². The molecular weight excluding hydrogens is 336 g/mol. The van der Waals surface area contributed by atoms with Crippen LogP contribution in [0, 0.1) is 22.7 Å². The topological polar surface area (TPSA) is 71.1 Å². The van der Waals surface area contributed by atoms with Gasteiger partial charge in [-0.15, -0.1) is 0 Å². The van der Waals surface area contributed by atoms with Crippen molar-refractivity contribution in [2.75, 3.05) is 31.1 Å². The Kier molecular flexibility index (Phi) is 4.88. The minimum absolute atomic E-state index is 0.0367. The SMILES string of the molecule is N#Cc1cccc(C#N)c1N1CCN(C(=O)c2ccc(Cl)cc2)CC1. The van der Waals surface area contributed by atoms with Crippen molar-refractivity contribution in [2.24, 2.45) is 0 Å². The highest BCUT2D eigenvalue weighted by Gasteiger charge is 2.25. The van der Waals surface area contributed by atoms with E-state index in [2.05, 4.69) is 12.1 Å². The number of hydrogen-bond acceptors (Lipinski definition) is 4. The Bertz CT molecular complexity index is 840. The van der Waals surface area contributed by atoms with Gasteiger partial charge in [0.1, 0.15) is 12.1 Å².